The van der Waals surface area contributed by atoms with Gasteiger partial charge in [-0.3, -0.25) is 4.79 Å². The van der Waals surface area contributed by atoms with Gasteiger partial charge in [0.1, 0.15) is 22.1 Å². The number of carbonyl (C=O) groups is 2. The lowest BCUT2D eigenvalue weighted by Gasteiger charge is -2.33. The van der Waals surface area contributed by atoms with E-state index in [1.807, 2.05) is 6.07 Å². The number of H-pyrrole nitrogens is 1. The molecule has 0 aromatic carbocycles. The SMILES string of the molecule is COC(=O)c1sc(N2CCC(NC(=O)c3[nH]c(C)c(Cl)c3Cl)CC2)nc1-c1nccc(N2CCN(C)CC2)n1. The number of hydrogen-bond donors (Lipinski definition) is 2. The molecule has 2 fully saturated rings. The maximum atomic E-state index is 12.7. The molecule has 3 aromatic heterocycles. The highest BCUT2D eigenvalue weighted by Gasteiger charge is 2.29. The number of nitrogens with zero attached hydrogens (tertiary/aromatic N) is 6. The number of aromatic nitrogens is 4. The van der Waals surface area contributed by atoms with E-state index in [9.17, 15) is 9.59 Å². The van der Waals surface area contributed by atoms with Gasteiger partial charge in [0.05, 0.1) is 17.2 Å². The summed E-state index contributed by atoms with van der Waals surface area (Å²) < 4.78 is 5.05. The molecule has 39 heavy (non-hydrogen) atoms. The van der Waals surface area contributed by atoms with Crippen LogP contribution in [0.2, 0.25) is 10.0 Å². The monoisotopic (exact) mass is 592 g/mol. The van der Waals surface area contributed by atoms with Crippen LogP contribution in [0.1, 0.15) is 38.7 Å². The van der Waals surface area contributed by atoms with E-state index in [1.54, 1.807) is 13.1 Å². The lowest BCUT2D eigenvalue weighted by atomic mass is 10.1. The van der Waals surface area contributed by atoms with Crippen LogP contribution in [0.3, 0.4) is 0 Å². The summed E-state index contributed by atoms with van der Waals surface area (Å²) in [5.74, 6) is 0.457. The molecule has 0 saturated carbocycles. The summed E-state index contributed by atoms with van der Waals surface area (Å²) in [4.78, 5) is 49.3. The Bertz CT molecular complexity index is 1360. The zero-order chi connectivity index (χ0) is 27.7. The number of rotatable bonds is 6. The minimum atomic E-state index is -0.471. The van der Waals surface area contributed by atoms with Crippen molar-refractivity contribution in [2.75, 3.05) is 63.2 Å². The second-order valence-electron chi connectivity index (χ2n) is 9.68. The Morgan fingerprint density at radius 3 is 2.44 bits per heavy atom. The van der Waals surface area contributed by atoms with Crippen molar-refractivity contribution in [3.63, 3.8) is 0 Å². The van der Waals surface area contributed by atoms with E-state index in [1.165, 1.54) is 18.4 Å². The molecule has 2 aliphatic rings. The van der Waals surface area contributed by atoms with Crippen LogP contribution in [0.15, 0.2) is 12.3 Å². The molecule has 5 rings (SSSR count). The summed E-state index contributed by atoms with van der Waals surface area (Å²) in [5.41, 5.74) is 1.34. The zero-order valence-corrected chi connectivity index (χ0v) is 24.3. The molecule has 2 saturated heterocycles. The Morgan fingerprint density at radius 1 is 1.08 bits per heavy atom. The van der Waals surface area contributed by atoms with Crippen molar-refractivity contribution in [3.05, 3.63) is 38.6 Å². The van der Waals surface area contributed by atoms with E-state index < -0.39 is 5.97 Å². The van der Waals surface area contributed by atoms with Crippen LogP contribution >= 0.6 is 34.5 Å². The van der Waals surface area contributed by atoms with E-state index >= 15 is 0 Å². The topological polar surface area (TPSA) is 120 Å². The second kappa shape index (κ2) is 11.7. The number of nitrogens with one attached hydrogen (secondary N) is 2. The Morgan fingerprint density at radius 2 is 1.79 bits per heavy atom. The number of amides is 1. The number of esters is 1. The predicted octanol–water partition coefficient (Wildman–Crippen LogP) is 3.48. The normalized spacial score (nSPS) is 16.9. The molecule has 2 aliphatic heterocycles. The first-order chi connectivity index (χ1) is 18.7. The minimum absolute atomic E-state index is 0.0321. The molecule has 0 unspecified atom stereocenters. The van der Waals surface area contributed by atoms with E-state index in [4.69, 9.17) is 37.9 Å². The summed E-state index contributed by atoms with van der Waals surface area (Å²) in [6.45, 7) is 6.71. The molecule has 2 N–H and O–H groups in total. The van der Waals surface area contributed by atoms with Crippen LogP contribution < -0.4 is 15.1 Å². The first-order valence-electron chi connectivity index (χ1n) is 12.7. The molecule has 14 heteroatoms. The molecule has 0 aliphatic carbocycles. The van der Waals surface area contributed by atoms with Crippen LogP contribution in [-0.4, -0.2) is 96.2 Å². The number of aromatic amines is 1. The molecule has 0 radical (unpaired) electrons. The van der Waals surface area contributed by atoms with Gasteiger partial charge in [0.25, 0.3) is 5.91 Å². The zero-order valence-electron chi connectivity index (χ0n) is 22.0. The quantitative estimate of drug-likeness (QED) is 0.414. The van der Waals surface area contributed by atoms with Gasteiger partial charge in [-0.05, 0) is 32.9 Å². The number of halogens is 2. The number of ether oxygens (including phenoxy) is 1. The summed E-state index contributed by atoms with van der Waals surface area (Å²) in [6.07, 6.45) is 3.11. The van der Waals surface area contributed by atoms with Crippen LogP contribution in [0.4, 0.5) is 10.9 Å². The number of hydrogen-bond acceptors (Lipinski definition) is 10. The maximum absolute atomic E-state index is 12.7. The van der Waals surface area contributed by atoms with Gasteiger partial charge in [-0.15, -0.1) is 0 Å². The Labute approximate surface area is 240 Å². The van der Waals surface area contributed by atoms with Crippen LogP contribution in [0, 0.1) is 6.92 Å². The van der Waals surface area contributed by atoms with Gasteiger partial charge in [-0.1, -0.05) is 34.5 Å². The van der Waals surface area contributed by atoms with Crippen molar-refractivity contribution in [2.45, 2.75) is 25.8 Å². The number of carbonyl (C=O) groups excluding carboxylic acids is 2. The third-order valence-electron chi connectivity index (χ3n) is 7.05. The summed E-state index contributed by atoms with van der Waals surface area (Å²) in [5, 5.41) is 4.32. The van der Waals surface area contributed by atoms with Gasteiger partial charge in [0.2, 0.25) is 0 Å². The smallest absolute Gasteiger partial charge is 0.350 e. The number of piperazine rings is 1. The van der Waals surface area contributed by atoms with Gasteiger partial charge >= 0.3 is 5.97 Å². The van der Waals surface area contributed by atoms with E-state index in [0.29, 0.717) is 58.2 Å². The first kappa shape index (κ1) is 27.6. The molecule has 0 bridgehead atoms. The van der Waals surface area contributed by atoms with E-state index in [0.717, 1.165) is 32.0 Å². The molecule has 11 nitrogen and oxygen atoms in total. The summed E-state index contributed by atoms with van der Waals surface area (Å²) in [6, 6.07) is 1.85. The van der Waals surface area contributed by atoms with E-state index in [-0.39, 0.29) is 22.7 Å². The van der Waals surface area contributed by atoms with Gasteiger partial charge in [0.15, 0.2) is 11.0 Å². The van der Waals surface area contributed by atoms with Crippen molar-refractivity contribution in [1.29, 1.82) is 0 Å². The van der Waals surface area contributed by atoms with Gasteiger partial charge in [0, 0.05) is 57.2 Å². The number of piperidine rings is 1. The predicted molar refractivity (Wildman–Crippen MR) is 152 cm³/mol. The average Bonchev–Trinajstić information content (AvgIpc) is 3.51. The molecule has 208 valence electrons. The van der Waals surface area contributed by atoms with Crippen molar-refractivity contribution in [1.82, 2.24) is 30.2 Å². The van der Waals surface area contributed by atoms with Crippen LogP contribution in [0.25, 0.3) is 11.5 Å². The molecule has 3 aromatic rings. The van der Waals surface area contributed by atoms with Gasteiger partial charge in [-0.25, -0.2) is 19.7 Å². The summed E-state index contributed by atoms with van der Waals surface area (Å²) in [7, 11) is 3.46. The minimum Gasteiger partial charge on any atom is -0.465 e. The number of methoxy groups -OCH3 is 1. The van der Waals surface area contributed by atoms with Crippen molar-refractivity contribution < 1.29 is 14.3 Å². The lowest BCUT2D eigenvalue weighted by Crippen LogP contribution is -2.45. The Balaban J connectivity index is 1.30. The standard InChI is InChI=1S/C25H30Cl2N8O3S/c1-14-17(26)18(27)19(29-14)23(36)30-15-5-8-35(9-6-15)25-32-20(21(39-25)24(37)38-3)22-28-7-4-16(31-22)34-12-10-33(2)11-13-34/h4,7,15,29H,5-6,8-13H2,1-3H3,(H,30,36). The molecule has 1 amide bonds. The third-order valence-corrected chi connectivity index (χ3v) is 9.09. The largest absolute Gasteiger partial charge is 0.465 e. The highest BCUT2D eigenvalue weighted by Crippen LogP contribution is 2.34. The Hall–Kier alpha value is -2.93. The highest BCUT2D eigenvalue weighted by atomic mass is 35.5. The van der Waals surface area contributed by atoms with E-state index in [2.05, 4.69) is 37.0 Å². The average molecular weight is 594 g/mol. The fraction of sp³-hybridized carbons (Fsp3) is 0.480. The first-order valence-corrected chi connectivity index (χ1v) is 14.3. The van der Waals surface area contributed by atoms with Crippen LogP contribution in [0.5, 0.6) is 0 Å². The maximum Gasteiger partial charge on any atom is 0.350 e. The molecular formula is C25H30Cl2N8O3S. The molecular weight excluding hydrogens is 563 g/mol. The third kappa shape index (κ3) is 5.84. The lowest BCUT2D eigenvalue weighted by molar-refractivity contribution is 0.0606. The summed E-state index contributed by atoms with van der Waals surface area (Å²) >= 11 is 13.6. The molecule has 5 heterocycles. The van der Waals surface area contributed by atoms with Crippen molar-refractivity contribution in [3.8, 4) is 11.5 Å². The number of anilines is 2. The Kier molecular flexibility index (Phi) is 8.27. The fourth-order valence-electron chi connectivity index (χ4n) is 4.70. The highest BCUT2D eigenvalue weighted by molar-refractivity contribution is 7.17. The van der Waals surface area contributed by atoms with Crippen molar-refractivity contribution >= 4 is 57.4 Å². The molecule has 0 spiro atoms. The number of likely N-dealkylation sites (N-methyl/N-ethyl adjacent to an activating group) is 1. The van der Waals surface area contributed by atoms with Crippen molar-refractivity contribution in [2.24, 2.45) is 0 Å². The number of thiazole rings is 1. The molecule has 0 atom stereocenters. The fourth-order valence-corrected chi connectivity index (χ4v) is 6.15. The van der Waals surface area contributed by atoms with Crippen LogP contribution in [-0.2, 0) is 4.74 Å². The number of aryl methyl sites for hydroxylation is 1. The van der Waals surface area contributed by atoms with Gasteiger partial charge < -0.3 is 29.7 Å². The van der Waals surface area contributed by atoms with Gasteiger partial charge in [-0.2, -0.15) is 0 Å². The second-order valence-corrected chi connectivity index (χ2v) is 11.4.